The van der Waals surface area contributed by atoms with Crippen molar-refractivity contribution in [1.82, 2.24) is 10.2 Å². The monoisotopic (exact) mass is 241 g/mol. The van der Waals surface area contributed by atoms with Gasteiger partial charge in [-0.25, -0.2) is 0 Å². The highest BCUT2D eigenvalue weighted by Gasteiger charge is 2.25. The van der Waals surface area contributed by atoms with Gasteiger partial charge >= 0.3 is 0 Å². The molecule has 0 radical (unpaired) electrons. The summed E-state index contributed by atoms with van der Waals surface area (Å²) in [5.41, 5.74) is 0.869. The minimum Gasteiger partial charge on any atom is -0.411 e. The van der Waals surface area contributed by atoms with Gasteiger partial charge in [0.2, 0.25) is 5.91 Å². The minimum absolute atomic E-state index is 0.0687. The number of carbonyl (C=O) groups is 1. The number of oxime groups is 1. The summed E-state index contributed by atoms with van der Waals surface area (Å²) >= 11 is 0. The van der Waals surface area contributed by atoms with Crippen LogP contribution in [0.15, 0.2) is 5.16 Å². The molecular weight excluding hydrogens is 218 g/mol. The van der Waals surface area contributed by atoms with E-state index in [1.165, 1.54) is 0 Å². The Morgan fingerprint density at radius 1 is 1.65 bits per heavy atom. The molecule has 2 N–H and O–H groups in total. The first-order valence-corrected chi connectivity index (χ1v) is 6.29. The summed E-state index contributed by atoms with van der Waals surface area (Å²) in [6, 6.07) is 0.184. The van der Waals surface area contributed by atoms with Crippen molar-refractivity contribution in [2.45, 2.75) is 39.7 Å². The molecule has 1 amide bonds. The number of amides is 1. The van der Waals surface area contributed by atoms with E-state index in [4.69, 9.17) is 5.21 Å². The Balaban J connectivity index is 2.44. The molecule has 0 bridgehead atoms. The van der Waals surface area contributed by atoms with E-state index >= 15 is 0 Å². The normalized spacial score (nSPS) is 24.2. The minimum atomic E-state index is 0.0687. The number of nitrogens with zero attached hydrogens (tertiary/aromatic N) is 2. The van der Waals surface area contributed by atoms with E-state index in [0.29, 0.717) is 6.54 Å². The van der Waals surface area contributed by atoms with Gasteiger partial charge in [-0.1, -0.05) is 12.1 Å². The Morgan fingerprint density at radius 3 is 2.88 bits per heavy atom. The predicted molar refractivity (Wildman–Crippen MR) is 67.3 cm³/mol. The number of piperidine rings is 1. The molecule has 1 fully saturated rings. The van der Waals surface area contributed by atoms with E-state index < -0.39 is 0 Å². The fourth-order valence-corrected chi connectivity index (χ4v) is 2.20. The Labute approximate surface area is 103 Å². The lowest BCUT2D eigenvalue weighted by Gasteiger charge is -2.32. The van der Waals surface area contributed by atoms with Gasteiger partial charge in [0.05, 0.1) is 12.3 Å². The topological polar surface area (TPSA) is 64.9 Å². The highest BCUT2D eigenvalue weighted by atomic mass is 16.4. The highest BCUT2D eigenvalue weighted by Crippen LogP contribution is 2.16. The molecule has 1 aliphatic heterocycles. The first kappa shape index (κ1) is 14.0. The van der Waals surface area contributed by atoms with E-state index in [2.05, 4.69) is 22.3 Å². The number of hydrogen-bond acceptors (Lipinski definition) is 4. The van der Waals surface area contributed by atoms with Gasteiger partial charge in [0.25, 0.3) is 0 Å². The molecular formula is C12H23N3O2. The van der Waals surface area contributed by atoms with Crippen LogP contribution in [-0.2, 0) is 4.79 Å². The zero-order chi connectivity index (χ0) is 12.8. The molecule has 0 saturated carbocycles. The van der Waals surface area contributed by atoms with Gasteiger partial charge in [0.1, 0.15) is 0 Å². The molecule has 5 nitrogen and oxygen atoms in total. The molecule has 0 aromatic rings. The van der Waals surface area contributed by atoms with Crippen LogP contribution in [0.25, 0.3) is 0 Å². The van der Waals surface area contributed by atoms with Gasteiger partial charge in [0.15, 0.2) is 0 Å². The third-order valence-electron chi connectivity index (χ3n) is 3.07. The van der Waals surface area contributed by atoms with E-state index in [1.807, 2.05) is 13.8 Å². The molecule has 1 unspecified atom stereocenters. The van der Waals surface area contributed by atoms with Gasteiger partial charge in [0, 0.05) is 31.5 Å². The van der Waals surface area contributed by atoms with Crippen molar-refractivity contribution in [3.8, 4) is 0 Å². The van der Waals surface area contributed by atoms with E-state index in [9.17, 15) is 4.79 Å². The summed E-state index contributed by atoms with van der Waals surface area (Å²) in [6.45, 7) is 8.03. The third kappa shape index (κ3) is 4.34. The molecule has 0 aromatic carbocycles. The Bertz CT molecular complexity index is 289. The summed E-state index contributed by atoms with van der Waals surface area (Å²) in [5.74, 6) is 0.347. The second kappa shape index (κ2) is 6.59. The maximum Gasteiger partial charge on any atom is 0.234 e. The summed E-state index contributed by atoms with van der Waals surface area (Å²) in [6.07, 6.45) is 1.70. The molecule has 5 heteroatoms. The van der Waals surface area contributed by atoms with Crippen LogP contribution in [0.4, 0.5) is 0 Å². The predicted octanol–water partition coefficient (Wildman–Crippen LogP) is 1.07. The fourth-order valence-electron chi connectivity index (χ4n) is 2.20. The van der Waals surface area contributed by atoms with Crippen LogP contribution in [0.2, 0.25) is 0 Å². The maximum absolute atomic E-state index is 11.6. The lowest BCUT2D eigenvalue weighted by molar-refractivity contribution is -0.122. The van der Waals surface area contributed by atoms with Crippen LogP contribution in [0.1, 0.15) is 33.6 Å². The molecule has 0 aliphatic carbocycles. The smallest absolute Gasteiger partial charge is 0.234 e. The highest BCUT2D eigenvalue weighted by molar-refractivity contribution is 5.87. The molecule has 0 spiro atoms. The van der Waals surface area contributed by atoms with Crippen LogP contribution in [0, 0.1) is 5.92 Å². The standard InChI is InChI=1S/C12H23N3O2/c1-4-10-7-15(6-5-11(10)14-17)8-12(16)13-9(2)3/h9-10,17H,4-8H2,1-3H3,(H,13,16). The second-order valence-electron chi connectivity index (χ2n) is 4.90. The maximum atomic E-state index is 11.6. The van der Waals surface area contributed by atoms with E-state index in [1.54, 1.807) is 0 Å². The largest absolute Gasteiger partial charge is 0.411 e. The van der Waals surface area contributed by atoms with Crippen molar-refractivity contribution in [2.24, 2.45) is 11.1 Å². The number of hydrogen-bond donors (Lipinski definition) is 2. The summed E-state index contributed by atoms with van der Waals surface area (Å²) in [7, 11) is 0. The van der Waals surface area contributed by atoms with Crippen molar-refractivity contribution < 1.29 is 10.0 Å². The first-order valence-electron chi connectivity index (χ1n) is 6.29. The lowest BCUT2D eigenvalue weighted by Crippen LogP contribution is -2.46. The number of nitrogens with one attached hydrogen (secondary N) is 1. The van der Waals surface area contributed by atoms with Crippen molar-refractivity contribution in [1.29, 1.82) is 0 Å². The van der Waals surface area contributed by atoms with Gasteiger partial charge in [-0.2, -0.15) is 0 Å². The van der Waals surface area contributed by atoms with Crippen molar-refractivity contribution in [3.63, 3.8) is 0 Å². The van der Waals surface area contributed by atoms with Crippen molar-refractivity contribution >= 4 is 11.6 Å². The zero-order valence-electron chi connectivity index (χ0n) is 10.9. The fraction of sp³-hybridized carbons (Fsp3) is 0.833. The van der Waals surface area contributed by atoms with Crippen molar-refractivity contribution in [2.75, 3.05) is 19.6 Å². The molecule has 1 aliphatic rings. The SMILES string of the molecule is CCC1CN(CC(=O)NC(C)C)CCC1=NO. The Kier molecular flexibility index (Phi) is 5.41. The summed E-state index contributed by atoms with van der Waals surface area (Å²) in [4.78, 5) is 13.8. The average Bonchev–Trinajstić information content (AvgIpc) is 2.27. The van der Waals surface area contributed by atoms with Crippen LogP contribution < -0.4 is 5.32 Å². The lowest BCUT2D eigenvalue weighted by atomic mass is 9.93. The quantitative estimate of drug-likeness (QED) is 0.571. The summed E-state index contributed by atoms with van der Waals surface area (Å²) < 4.78 is 0. The third-order valence-corrected chi connectivity index (χ3v) is 3.07. The number of likely N-dealkylation sites (tertiary alicyclic amines) is 1. The van der Waals surface area contributed by atoms with E-state index in [0.717, 1.165) is 31.6 Å². The number of rotatable bonds is 4. The molecule has 1 saturated heterocycles. The van der Waals surface area contributed by atoms with Crippen LogP contribution >= 0.6 is 0 Å². The van der Waals surface area contributed by atoms with Crippen LogP contribution in [-0.4, -0.2) is 47.4 Å². The second-order valence-corrected chi connectivity index (χ2v) is 4.90. The number of carbonyl (C=O) groups excluding carboxylic acids is 1. The Hall–Kier alpha value is -1.10. The van der Waals surface area contributed by atoms with Crippen molar-refractivity contribution in [3.05, 3.63) is 0 Å². The zero-order valence-corrected chi connectivity index (χ0v) is 10.9. The van der Waals surface area contributed by atoms with Gasteiger partial charge < -0.3 is 10.5 Å². The van der Waals surface area contributed by atoms with Gasteiger partial charge in [-0.15, -0.1) is 0 Å². The molecule has 0 aromatic heterocycles. The van der Waals surface area contributed by atoms with Gasteiger partial charge in [-0.05, 0) is 20.3 Å². The Morgan fingerprint density at radius 2 is 2.35 bits per heavy atom. The van der Waals surface area contributed by atoms with Crippen LogP contribution in [0.3, 0.4) is 0 Å². The average molecular weight is 241 g/mol. The molecule has 1 atom stereocenters. The van der Waals surface area contributed by atoms with Crippen LogP contribution in [0.5, 0.6) is 0 Å². The van der Waals surface area contributed by atoms with E-state index in [-0.39, 0.29) is 17.9 Å². The summed E-state index contributed by atoms with van der Waals surface area (Å²) in [5, 5.41) is 15.1. The molecule has 17 heavy (non-hydrogen) atoms. The molecule has 1 heterocycles. The van der Waals surface area contributed by atoms with Gasteiger partial charge in [-0.3, -0.25) is 9.69 Å². The molecule has 98 valence electrons. The first-order chi connectivity index (χ1) is 8.06. The molecule has 1 rings (SSSR count).